The van der Waals surface area contributed by atoms with E-state index < -0.39 is 17.7 Å². The number of carbonyl (C=O) groups is 2. The Labute approximate surface area is 155 Å². The molecule has 0 fully saturated rings. The van der Waals surface area contributed by atoms with Crippen LogP contribution in [0.15, 0.2) is 47.1 Å². The molecule has 0 aliphatic rings. The summed E-state index contributed by atoms with van der Waals surface area (Å²) in [6.45, 7) is 1.86. The van der Waals surface area contributed by atoms with Crippen molar-refractivity contribution in [3.8, 4) is 5.75 Å². The number of benzene rings is 1. The summed E-state index contributed by atoms with van der Waals surface area (Å²) in [7, 11) is 0. The van der Waals surface area contributed by atoms with Gasteiger partial charge < -0.3 is 19.8 Å². The van der Waals surface area contributed by atoms with Gasteiger partial charge in [0.1, 0.15) is 18.2 Å². The SMILES string of the molecule is CC(COc1ccc(F)cc1F)NC(=O)CCNC(=O)/C=C/c1ccco1. The highest BCUT2D eigenvalue weighted by Crippen LogP contribution is 2.17. The van der Waals surface area contributed by atoms with Crippen LogP contribution in [-0.4, -0.2) is 31.0 Å². The molecule has 1 aromatic heterocycles. The lowest BCUT2D eigenvalue weighted by Gasteiger charge is -2.15. The number of amides is 2. The van der Waals surface area contributed by atoms with Gasteiger partial charge >= 0.3 is 0 Å². The van der Waals surface area contributed by atoms with Crippen LogP contribution < -0.4 is 15.4 Å². The number of rotatable bonds is 9. The maximum Gasteiger partial charge on any atom is 0.244 e. The molecule has 0 saturated heterocycles. The van der Waals surface area contributed by atoms with Gasteiger partial charge in [0.15, 0.2) is 11.6 Å². The van der Waals surface area contributed by atoms with Gasteiger partial charge in [0.2, 0.25) is 11.8 Å². The summed E-state index contributed by atoms with van der Waals surface area (Å²) in [5.41, 5.74) is 0. The van der Waals surface area contributed by atoms with Crippen LogP contribution in [0.25, 0.3) is 6.08 Å². The van der Waals surface area contributed by atoms with Crippen molar-refractivity contribution in [3.63, 3.8) is 0 Å². The van der Waals surface area contributed by atoms with Crippen LogP contribution in [0.4, 0.5) is 8.78 Å². The normalized spacial score (nSPS) is 12.0. The van der Waals surface area contributed by atoms with Gasteiger partial charge in [-0.2, -0.15) is 0 Å². The Kier molecular flexibility index (Phi) is 7.54. The van der Waals surface area contributed by atoms with E-state index in [0.29, 0.717) is 5.76 Å². The van der Waals surface area contributed by atoms with E-state index in [-0.39, 0.29) is 37.1 Å². The zero-order valence-corrected chi connectivity index (χ0v) is 14.7. The molecule has 1 aromatic carbocycles. The Morgan fingerprint density at radius 2 is 2.11 bits per heavy atom. The Bertz CT molecular complexity index is 791. The highest BCUT2D eigenvalue weighted by atomic mass is 19.1. The summed E-state index contributed by atoms with van der Waals surface area (Å²) >= 11 is 0. The van der Waals surface area contributed by atoms with Crippen molar-refractivity contribution in [1.29, 1.82) is 0 Å². The summed E-state index contributed by atoms with van der Waals surface area (Å²) in [5, 5.41) is 5.24. The highest BCUT2D eigenvalue weighted by Gasteiger charge is 2.10. The topological polar surface area (TPSA) is 80.6 Å². The summed E-state index contributed by atoms with van der Waals surface area (Å²) < 4.78 is 36.6. The largest absolute Gasteiger partial charge is 0.488 e. The summed E-state index contributed by atoms with van der Waals surface area (Å²) in [6, 6.07) is 6.02. The maximum atomic E-state index is 13.5. The van der Waals surface area contributed by atoms with E-state index in [1.807, 2.05) is 0 Å². The monoisotopic (exact) mass is 378 g/mol. The van der Waals surface area contributed by atoms with Gasteiger partial charge in [-0.05, 0) is 37.3 Å². The second-order valence-electron chi connectivity index (χ2n) is 5.74. The third-order valence-corrected chi connectivity index (χ3v) is 3.38. The summed E-state index contributed by atoms with van der Waals surface area (Å²) in [6.07, 6.45) is 4.40. The van der Waals surface area contributed by atoms with Crippen LogP contribution in [0, 0.1) is 11.6 Å². The first kappa shape index (κ1) is 20.2. The van der Waals surface area contributed by atoms with Crippen LogP contribution in [0.3, 0.4) is 0 Å². The maximum absolute atomic E-state index is 13.5. The molecule has 2 aromatic rings. The van der Waals surface area contributed by atoms with Crippen LogP contribution in [-0.2, 0) is 9.59 Å². The molecule has 6 nitrogen and oxygen atoms in total. The molecular weight excluding hydrogens is 358 g/mol. The smallest absolute Gasteiger partial charge is 0.244 e. The summed E-state index contributed by atoms with van der Waals surface area (Å²) in [4.78, 5) is 23.4. The molecule has 0 aliphatic carbocycles. The van der Waals surface area contributed by atoms with Crippen LogP contribution in [0.1, 0.15) is 19.1 Å². The predicted octanol–water partition coefficient (Wildman–Crippen LogP) is 2.66. The molecule has 1 heterocycles. The van der Waals surface area contributed by atoms with E-state index >= 15 is 0 Å². The zero-order chi connectivity index (χ0) is 19.6. The third kappa shape index (κ3) is 7.31. The zero-order valence-electron chi connectivity index (χ0n) is 14.7. The van der Waals surface area contributed by atoms with Crippen molar-refractivity contribution in [1.82, 2.24) is 10.6 Å². The van der Waals surface area contributed by atoms with Gasteiger partial charge in [0, 0.05) is 25.1 Å². The number of carbonyl (C=O) groups excluding carboxylic acids is 2. The lowest BCUT2D eigenvalue weighted by molar-refractivity contribution is -0.122. The third-order valence-electron chi connectivity index (χ3n) is 3.38. The second kappa shape index (κ2) is 10.1. The molecule has 144 valence electrons. The number of nitrogens with one attached hydrogen (secondary N) is 2. The Balaban J connectivity index is 1.63. The van der Waals surface area contributed by atoms with E-state index in [2.05, 4.69) is 10.6 Å². The molecule has 1 unspecified atom stereocenters. The van der Waals surface area contributed by atoms with E-state index in [1.54, 1.807) is 19.1 Å². The van der Waals surface area contributed by atoms with Crippen LogP contribution >= 0.6 is 0 Å². The average molecular weight is 378 g/mol. The van der Waals surface area contributed by atoms with Crippen molar-refractivity contribution < 1.29 is 27.5 Å². The predicted molar refractivity (Wildman–Crippen MR) is 94.8 cm³/mol. The molecule has 0 bridgehead atoms. The van der Waals surface area contributed by atoms with Crippen molar-refractivity contribution in [3.05, 3.63) is 60.1 Å². The molecule has 0 spiro atoms. The fourth-order valence-corrected chi connectivity index (χ4v) is 2.10. The molecule has 2 amide bonds. The van der Waals surface area contributed by atoms with E-state index in [0.717, 1.165) is 12.1 Å². The number of ether oxygens (including phenoxy) is 1. The first-order chi connectivity index (χ1) is 12.9. The lowest BCUT2D eigenvalue weighted by Crippen LogP contribution is -2.38. The minimum atomic E-state index is -0.807. The Morgan fingerprint density at radius 3 is 2.81 bits per heavy atom. The molecule has 1 atom stereocenters. The molecule has 2 N–H and O–H groups in total. The molecule has 8 heteroatoms. The van der Waals surface area contributed by atoms with Gasteiger partial charge in [-0.1, -0.05) is 0 Å². The molecular formula is C19H20F2N2O4. The van der Waals surface area contributed by atoms with Gasteiger partial charge in [0.05, 0.1) is 12.3 Å². The van der Waals surface area contributed by atoms with Crippen molar-refractivity contribution >= 4 is 17.9 Å². The van der Waals surface area contributed by atoms with Gasteiger partial charge in [0.25, 0.3) is 0 Å². The Hall–Kier alpha value is -3.16. The number of hydrogen-bond acceptors (Lipinski definition) is 4. The minimum absolute atomic E-state index is 0.0204. The van der Waals surface area contributed by atoms with Gasteiger partial charge in [-0.15, -0.1) is 0 Å². The van der Waals surface area contributed by atoms with E-state index in [4.69, 9.17) is 9.15 Å². The second-order valence-corrected chi connectivity index (χ2v) is 5.74. The fourth-order valence-electron chi connectivity index (χ4n) is 2.10. The fraction of sp³-hybridized carbons (Fsp3) is 0.263. The molecule has 0 saturated carbocycles. The first-order valence-corrected chi connectivity index (χ1v) is 8.30. The number of halogens is 2. The number of furan rings is 1. The average Bonchev–Trinajstić information content (AvgIpc) is 3.12. The standard InChI is InChI=1S/C19H20F2N2O4/c1-13(12-27-17-6-4-14(20)11-16(17)21)23-19(25)8-9-22-18(24)7-5-15-3-2-10-26-15/h2-7,10-11,13H,8-9,12H2,1H3,(H,22,24)(H,23,25)/b7-5+. The molecule has 0 aliphatic heterocycles. The number of hydrogen-bond donors (Lipinski definition) is 2. The highest BCUT2D eigenvalue weighted by molar-refractivity contribution is 5.91. The molecule has 27 heavy (non-hydrogen) atoms. The molecule has 2 rings (SSSR count). The van der Waals surface area contributed by atoms with Crippen molar-refractivity contribution in [2.45, 2.75) is 19.4 Å². The van der Waals surface area contributed by atoms with E-state index in [9.17, 15) is 18.4 Å². The first-order valence-electron chi connectivity index (χ1n) is 8.30. The summed E-state index contributed by atoms with van der Waals surface area (Å²) in [5.74, 6) is -1.67. The van der Waals surface area contributed by atoms with Crippen LogP contribution in [0.5, 0.6) is 5.75 Å². The quantitative estimate of drug-likeness (QED) is 0.658. The van der Waals surface area contributed by atoms with E-state index in [1.165, 1.54) is 24.5 Å². The Morgan fingerprint density at radius 1 is 1.30 bits per heavy atom. The van der Waals surface area contributed by atoms with Gasteiger partial charge in [-0.25, -0.2) is 8.78 Å². The van der Waals surface area contributed by atoms with Crippen LogP contribution in [0.2, 0.25) is 0 Å². The molecule has 0 radical (unpaired) electrons. The van der Waals surface area contributed by atoms with Crippen molar-refractivity contribution in [2.24, 2.45) is 0 Å². The van der Waals surface area contributed by atoms with Crippen molar-refractivity contribution in [2.75, 3.05) is 13.2 Å². The lowest BCUT2D eigenvalue weighted by atomic mass is 10.3. The minimum Gasteiger partial charge on any atom is -0.488 e. The van der Waals surface area contributed by atoms with Gasteiger partial charge in [-0.3, -0.25) is 9.59 Å².